The Morgan fingerprint density at radius 2 is 2.18 bits per heavy atom. The van der Waals surface area contributed by atoms with Crippen molar-refractivity contribution in [1.29, 1.82) is 0 Å². The molecule has 1 fully saturated rings. The van der Waals surface area contributed by atoms with Gasteiger partial charge < -0.3 is 11.1 Å². The molecule has 0 amide bonds. The largest absolute Gasteiger partial charge is 0.370 e. The Morgan fingerprint density at radius 3 is 2.73 bits per heavy atom. The van der Waals surface area contributed by atoms with E-state index in [2.05, 4.69) is 10.3 Å². The highest BCUT2D eigenvalue weighted by Crippen LogP contribution is 2.28. The fraction of sp³-hybridized carbons (Fsp3) is 0.857. The Hall–Kier alpha value is -0.380. The predicted octanol–water partition coefficient (Wildman–Crippen LogP) is 0.170. The molecule has 2 heterocycles. The molecule has 0 aromatic heterocycles. The highest BCUT2D eigenvalue weighted by molar-refractivity contribution is 7.99. The third-order valence-corrected chi connectivity index (χ3v) is 3.38. The zero-order valence-corrected chi connectivity index (χ0v) is 7.28. The molecule has 62 valence electrons. The van der Waals surface area contributed by atoms with Gasteiger partial charge in [0.25, 0.3) is 0 Å². The molecule has 2 aliphatic rings. The van der Waals surface area contributed by atoms with Crippen LogP contribution in [0.5, 0.6) is 0 Å². The lowest BCUT2D eigenvalue weighted by molar-refractivity contribution is 0.383. The fourth-order valence-corrected chi connectivity index (χ4v) is 2.91. The Bertz CT molecular complexity index is 184. The van der Waals surface area contributed by atoms with Crippen LogP contribution in [0.25, 0.3) is 0 Å². The van der Waals surface area contributed by atoms with Crippen molar-refractivity contribution in [1.82, 2.24) is 5.32 Å². The second-order valence-corrected chi connectivity index (χ2v) is 4.44. The van der Waals surface area contributed by atoms with E-state index in [1.165, 1.54) is 24.3 Å². The van der Waals surface area contributed by atoms with Crippen LogP contribution in [0.4, 0.5) is 0 Å². The minimum absolute atomic E-state index is 0.245. The summed E-state index contributed by atoms with van der Waals surface area (Å²) < 4.78 is 0. The molecule has 0 aliphatic carbocycles. The van der Waals surface area contributed by atoms with Gasteiger partial charge in [-0.25, -0.2) is 0 Å². The first-order chi connectivity index (χ1) is 5.31. The summed E-state index contributed by atoms with van der Waals surface area (Å²) in [5.74, 6) is 3.13. The Morgan fingerprint density at radius 1 is 1.45 bits per heavy atom. The monoisotopic (exact) mass is 171 g/mol. The second kappa shape index (κ2) is 2.59. The van der Waals surface area contributed by atoms with Crippen molar-refractivity contribution >= 4 is 17.7 Å². The first-order valence-electron chi connectivity index (χ1n) is 3.97. The van der Waals surface area contributed by atoms with Crippen molar-refractivity contribution < 1.29 is 0 Å². The topological polar surface area (TPSA) is 50.4 Å². The van der Waals surface area contributed by atoms with Crippen molar-refractivity contribution in [3.63, 3.8) is 0 Å². The summed E-state index contributed by atoms with van der Waals surface area (Å²) in [5, 5.41) is 3.28. The maximum Gasteiger partial charge on any atom is 0.189 e. The molecule has 2 aliphatic heterocycles. The van der Waals surface area contributed by atoms with Gasteiger partial charge in [0.1, 0.15) is 0 Å². The molecule has 0 aromatic rings. The van der Waals surface area contributed by atoms with E-state index in [0.717, 1.165) is 6.54 Å². The van der Waals surface area contributed by atoms with Crippen LogP contribution in [0.15, 0.2) is 4.99 Å². The van der Waals surface area contributed by atoms with Gasteiger partial charge in [-0.1, -0.05) is 0 Å². The molecule has 0 bridgehead atoms. The van der Waals surface area contributed by atoms with Crippen LogP contribution in [0.2, 0.25) is 0 Å². The number of hydrogen-bond acceptors (Lipinski definition) is 4. The minimum Gasteiger partial charge on any atom is -0.370 e. The molecule has 1 spiro atoms. The Labute approximate surface area is 70.8 Å². The van der Waals surface area contributed by atoms with Crippen molar-refractivity contribution in [2.45, 2.75) is 18.4 Å². The van der Waals surface area contributed by atoms with E-state index >= 15 is 0 Å². The van der Waals surface area contributed by atoms with Crippen molar-refractivity contribution in [3.8, 4) is 0 Å². The number of thioether (sulfide) groups is 1. The SMILES string of the molecule is NC1=NCC2(CCSCC2)N1. The number of rotatable bonds is 0. The van der Waals surface area contributed by atoms with Gasteiger partial charge in [-0.15, -0.1) is 0 Å². The lowest BCUT2D eigenvalue weighted by atomic mass is 9.93. The van der Waals surface area contributed by atoms with E-state index in [-0.39, 0.29) is 5.54 Å². The highest BCUT2D eigenvalue weighted by atomic mass is 32.2. The number of nitrogens with two attached hydrogens (primary N) is 1. The van der Waals surface area contributed by atoms with E-state index in [0.29, 0.717) is 5.96 Å². The van der Waals surface area contributed by atoms with E-state index in [9.17, 15) is 0 Å². The van der Waals surface area contributed by atoms with Crippen LogP contribution < -0.4 is 11.1 Å². The molecule has 3 N–H and O–H groups in total. The Kier molecular flexibility index (Phi) is 1.71. The first-order valence-corrected chi connectivity index (χ1v) is 5.12. The predicted molar refractivity (Wildman–Crippen MR) is 48.9 cm³/mol. The number of hydrogen-bond donors (Lipinski definition) is 2. The van der Waals surface area contributed by atoms with Crippen LogP contribution >= 0.6 is 11.8 Å². The minimum atomic E-state index is 0.245. The second-order valence-electron chi connectivity index (χ2n) is 3.22. The smallest absolute Gasteiger partial charge is 0.189 e. The number of nitrogens with one attached hydrogen (secondary N) is 1. The Balaban J connectivity index is 2.01. The molecular weight excluding hydrogens is 158 g/mol. The molecule has 11 heavy (non-hydrogen) atoms. The summed E-state index contributed by atoms with van der Waals surface area (Å²) in [4.78, 5) is 4.19. The quantitative estimate of drug-likeness (QED) is 0.546. The standard InChI is InChI=1S/C7H13N3S/c8-6-9-5-7(10-6)1-3-11-4-2-7/h1-5H2,(H3,8,9,10). The lowest BCUT2D eigenvalue weighted by Gasteiger charge is -2.32. The third kappa shape index (κ3) is 1.31. The average molecular weight is 171 g/mol. The van der Waals surface area contributed by atoms with Crippen molar-refractivity contribution in [2.24, 2.45) is 10.7 Å². The van der Waals surface area contributed by atoms with Gasteiger partial charge in [-0.05, 0) is 24.3 Å². The highest BCUT2D eigenvalue weighted by Gasteiger charge is 2.35. The summed E-state index contributed by atoms with van der Waals surface area (Å²) in [5.41, 5.74) is 5.82. The van der Waals surface area contributed by atoms with Crippen LogP contribution in [0, 0.1) is 0 Å². The van der Waals surface area contributed by atoms with Gasteiger partial charge in [-0.2, -0.15) is 11.8 Å². The summed E-state index contributed by atoms with van der Waals surface area (Å²) in [6.07, 6.45) is 2.42. The fourth-order valence-electron chi connectivity index (χ4n) is 1.63. The van der Waals surface area contributed by atoms with Gasteiger partial charge >= 0.3 is 0 Å². The molecular formula is C7H13N3S. The van der Waals surface area contributed by atoms with E-state index in [1.54, 1.807) is 0 Å². The van der Waals surface area contributed by atoms with Gasteiger partial charge in [-0.3, -0.25) is 4.99 Å². The summed E-state index contributed by atoms with van der Waals surface area (Å²) in [6.45, 7) is 0.888. The zero-order valence-electron chi connectivity index (χ0n) is 6.47. The van der Waals surface area contributed by atoms with Crippen LogP contribution in [-0.4, -0.2) is 29.5 Å². The molecule has 0 unspecified atom stereocenters. The maximum atomic E-state index is 5.57. The zero-order chi connectivity index (χ0) is 7.73. The lowest BCUT2D eigenvalue weighted by Crippen LogP contribution is -2.50. The van der Waals surface area contributed by atoms with Crippen LogP contribution in [-0.2, 0) is 0 Å². The van der Waals surface area contributed by atoms with Gasteiger partial charge in [0.15, 0.2) is 5.96 Å². The van der Waals surface area contributed by atoms with E-state index < -0.39 is 0 Å². The molecule has 1 saturated heterocycles. The first kappa shape index (κ1) is 7.28. The summed E-state index contributed by atoms with van der Waals surface area (Å²) in [6, 6.07) is 0. The molecule has 0 radical (unpaired) electrons. The number of guanidine groups is 1. The third-order valence-electron chi connectivity index (χ3n) is 2.40. The van der Waals surface area contributed by atoms with E-state index in [1.807, 2.05) is 11.8 Å². The number of nitrogens with zero attached hydrogens (tertiary/aromatic N) is 1. The van der Waals surface area contributed by atoms with Crippen LogP contribution in [0.1, 0.15) is 12.8 Å². The summed E-state index contributed by atoms with van der Waals surface area (Å²) >= 11 is 2.03. The van der Waals surface area contributed by atoms with Gasteiger partial charge in [0.2, 0.25) is 0 Å². The molecule has 3 nitrogen and oxygen atoms in total. The number of aliphatic imine (C=N–C) groups is 1. The molecule has 4 heteroatoms. The van der Waals surface area contributed by atoms with Gasteiger partial charge in [0.05, 0.1) is 12.1 Å². The molecule has 0 saturated carbocycles. The molecule has 2 rings (SSSR count). The summed E-state index contributed by atoms with van der Waals surface area (Å²) in [7, 11) is 0. The normalized spacial score (nSPS) is 28.2. The molecule has 0 aromatic carbocycles. The van der Waals surface area contributed by atoms with Crippen molar-refractivity contribution in [2.75, 3.05) is 18.1 Å². The van der Waals surface area contributed by atoms with Crippen LogP contribution in [0.3, 0.4) is 0 Å². The van der Waals surface area contributed by atoms with Gasteiger partial charge in [0, 0.05) is 0 Å². The molecule has 0 atom stereocenters. The van der Waals surface area contributed by atoms with E-state index in [4.69, 9.17) is 5.73 Å². The average Bonchev–Trinajstić information content (AvgIpc) is 2.34. The van der Waals surface area contributed by atoms with Crippen molar-refractivity contribution in [3.05, 3.63) is 0 Å². The maximum absolute atomic E-state index is 5.57.